The zero-order valence-electron chi connectivity index (χ0n) is 18.9. The number of imidazole rings is 1. The fourth-order valence-corrected chi connectivity index (χ4v) is 3.87. The van der Waals surface area contributed by atoms with Gasteiger partial charge in [-0.2, -0.15) is 23.3 Å². The van der Waals surface area contributed by atoms with Crippen molar-refractivity contribution in [3.8, 4) is 5.95 Å². The predicted octanol–water partition coefficient (Wildman–Crippen LogP) is 2.64. The topological polar surface area (TPSA) is 83.0 Å². The van der Waals surface area contributed by atoms with Gasteiger partial charge < -0.3 is 9.64 Å². The maximum absolute atomic E-state index is 13.7. The van der Waals surface area contributed by atoms with Crippen LogP contribution in [0.2, 0.25) is 0 Å². The molecule has 0 bridgehead atoms. The number of aryl methyl sites for hydroxylation is 2. The van der Waals surface area contributed by atoms with Gasteiger partial charge in [0.25, 0.3) is 0 Å². The van der Waals surface area contributed by atoms with E-state index in [1.165, 1.54) is 4.57 Å². The molecule has 4 rings (SSSR count). The molecular weight excluding hydrogens is 439 g/mol. The molecule has 33 heavy (non-hydrogen) atoms. The number of anilines is 1. The van der Waals surface area contributed by atoms with Crippen molar-refractivity contribution in [1.29, 1.82) is 0 Å². The Morgan fingerprint density at radius 2 is 1.97 bits per heavy atom. The summed E-state index contributed by atoms with van der Waals surface area (Å²) in [6.45, 7) is 9.32. The van der Waals surface area contributed by atoms with E-state index in [9.17, 15) is 18.0 Å². The summed E-state index contributed by atoms with van der Waals surface area (Å²) in [6.07, 6.45) is 0.357. The van der Waals surface area contributed by atoms with E-state index in [2.05, 4.69) is 15.1 Å². The summed E-state index contributed by atoms with van der Waals surface area (Å²) < 4.78 is 50.9. The minimum Gasteiger partial charge on any atom is -0.372 e. The Morgan fingerprint density at radius 1 is 1.21 bits per heavy atom. The lowest BCUT2D eigenvalue weighted by atomic mass is 10.1. The molecule has 0 spiro atoms. The lowest BCUT2D eigenvalue weighted by Crippen LogP contribution is -2.48. The van der Waals surface area contributed by atoms with E-state index in [1.54, 1.807) is 28.9 Å². The van der Waals surface area contributed by atoms with Crippen LogP contribution in [-0.4, -0.2) is 54.2 Å². The maximum Gasteiger partial charge on any atom is 0.433 e. The van der Waals surface area contributed by atoms with Crippen LogP contribution in [0.15, 0.2) is 29.5 Å². The number of halogens is 3. The van der Waals surface area contributed by atoms with E-state index in [-0.39, 0.29) is 18.3 Å². The second-order valence-corrected chi connectivity index (χ2v) is 8.66. The van der Waals surface area contributed by atoms with Crippen LogP contribution in [0.25, 0.3) is 5.95 Å². The maximum atomic E-state index is 13.7. The van der Waals surface area contributed by atoms with Crippen molar-refractivity contribution in [2.75, 3.05) is 24.6 Å². The van der Waals surface area contributed by atoms with Crippen molar-refractivity contribution in [2.24, 2.45) is 0 Å². The van der Waals surface area contributed by atoms with E-state index < -0.39 is 23.2 Å². The first-order valence-electron chi connectivity index (χ1n) is 10.6. The van der Waals surface area contributed by atoms with Gasteiger partial charge in [0.2, 0.25) is 5.95 Å². The molecule has 0 saturated carbocycles. The van der Waals surface area contributed by atoms with Gasteiger partial charge in [-0.25, -0.2) is 14.3 Å². The monoisotopic (exact) mass is 465 g/mol. The van der Waals surface area contributed by atoms with Crippen LogP contribution in [-0.2, 0) is 24.0 Å². The third kappa shape index (κ3) is 4.80. The smallest absolute Gasteiger partial charge is 0.372 e. The molecule has 3 aromatic rings. The molecule has 4 heterocycles. The fraction of sp³-hybridized carbons (Fsp3) is 0.524. The lowest BCUT2D eigenvalue weighted by Gasteiger charge is -2.38. The first-order chi connectivity index (χ1) is 15.5. The quantitative estimate of drug-likeness (QED) is 0.576. The summed E-state index contributed by atoms with van der Waals surface area (Å²) in [5, 5.41) is 4.19. The average molecular weight is 465 g/mol. The molecule has 178 valence electrons. The second kappa shape index (κ2) is 8.32. The minimum absolute atomic E-state index is 0.104. The highest BCUT2D eigenvalue weighted by Crippen LogP contribution is 2.31. The highest BCUT2D eigenvalue weighted by atomic mass is 19.4. The third-order valence-electron chi connectivity index (χ3n) is 5.44. The molecule has 0 atom stereocenters. The normalized spacial score (nSPS) is 16.4. The minimum atomic E-state index is -4.69. The van der Waals surface area contributed by atoms with Crippen LogP contribution < -0.4 is 10.6 Å². The molecular formula is C21H26F3N7O2. The number of aromatic nitrogens is 6. The van der Waals surface area contributed by atoms with Gasteiger partial charge in [0.05, 0.1) is 24.9 Å². The zero-order chi connectivity index (χ0) is 24.0. The average Bonchev–Trinajstić information content (AvgIpc) is 3.30. The highest BCUT2D eigenvalue weighted by Gasteiger charge is 2.36. The van der Waals surface area contributed by atoms with E-state index in [0.29, 0.717) is 31.9 Å². The predicted molar refractivity (Wildman–Crippen MR) is 115 cm³/mol. The Bertz CT molecular complexity index is 1210. The Kier molecular flexibility index (Phi) is 5.81. The molecule has 0 N–H and O–H groups in total. The van der Waals surface area contributed by atoms with Gasteiger partial charge in [0, 0.05) is 49.4 Å². The standard InChI is InChI=1S/C21H26F3N7O2/c1-5-30-12-15(9-25-30)11-29-10-14(2)31(19(29)32)18-26-16(21(22,23)24)8-17(27-18)28-6-7-33-20(3,4)13-28/h8-10,12H,5-7,11,13H2,1-4H3. The summed E-state index contributed by atoms with van der Waals surface area (Å²) >= 11 is 0. The van der Waals surface area contributed by atoms with Crippen LogP contribution in [0.5, 0.6) is 0 Å². The van der Waals surface area contributed by atoms with Crippen molar-refractivity contribution in [3.63, 3.8) is 0 Å². The van der Waals surface area contributed by atoms with Crippen molar-refractivity contribution in [2.45, 2.75) is 52.6 Å². The van der Waals surface area contributed by atoms with E-state index in [0.717, 1.165) is 16.2 Å². The SMILES string of the molecule is CCn1cc(Cn2cc(C)n(-c3nc(N4CCOC(C)(C)C4)cc(C(F)(F)F)n3)c2=O)cn1. The van der Waals surface area contributed by atoms with E-state index in [1.807, 2.05) is 27.0 Å². The van der Waals surface area contributed by atoms with Gasteiger partial charge in [-0.05, 0) is 27.7 Å². The number of hydrogen-bond acceptors (Lipinski definition) is 6. The fourth-order valence-electron chi connectivity index (χ4n) is 3.87. The van der Waals surface area contributed by atoms with Gasteiger partial charge in [-0.3, -0.25) is 9.25 Å². The summed E-state index contributed by atoms with van der Waals surface area (Å²) in [5.74, 6) is -0.207. The Morgan fingerprint density at radius 3 is 2.61 bits per heavy atom. The first kappa shape index (κ1) is 23.0. The number of alkyl halides is 3. The van der Waals surface area contributed by atoms with Gasteiger partial charge in [-0.1, -0.05) is 0 Å². The number of hydrogen-bond donors (Lipinski definition) is 0. The van der Waals surface area contributed by atoms with Crippen LogP contribution in [0.1, 0.15) is 37.7 Å². The third-order valence-corrected chi connectivity index (χ3v) is 5.44. The Balaban J connectivity index is 1.76. The van der Waals surface area contributed by atoms with Crippen molar-refractivity contribution in [3.05, 3.63) is 52.1 Å². The van der Waals surface area contributed by atoms with Gasteiger partial charge in [0.15, 0.2) is 5.69 Å². The Hall–Kier alpha value is -3.15. The van der Waals surface area contributed by atoms with Crippen molar-refractivity contribution in [1.82, 2.24) is 28.9 Å². The molecule has 0 aliphatic carbocycles. The van der Waals surface area contributed by atoms with Crippen molar-refractivity contribution >= 4 is 5.82 Å². The molecule has 12 heteroatoms. The molecule has 0 amide bonds. The molecule has 0 aromatic carbocycles. The first-order valence-corrected chi connectivity index (χ1v) is 10.6. The van der Waals surface area contributed by atoms with Crippen LogP contribution >= 0.6 is 0 Å². The van der Waals surface area contributed by atoms with Crippen LogP contribution in [0.3, 0.4) is 0 Å². The summed E-state index contributed by atoms with van der Waals surface area (Å²) in [4.78, 5) is 22.9. The number of ether oxygens (including phenoxy) is 1. The zero-order valence-corrected chi connectivity index (χ0v) is 18.9. The second-order valence-electron chi connectivity index (χ2n) is 8.66. The molecule has 1 fully saturated rings. The molecule has 1 aliphatic rings. The summed E-state index contributed by atoms with van der Waals surface area (Å²) in [5.41, 5.74) is -0.937. The number of morpholine rings is 1. The summed E-state index contributed by atoms with van der Waals surface area (Å²) in [6, 6.07) is 0.918. The van der Waals surface area contributed by atoms with Crippen LogP contribution in [0, 0.1) is 6.92 Å². The van der Waals surface area contributed by atoms with Gasteiger partial charge in [0.1, 0.15) is 5.82 Å². The van der Waals surface area contributed by atoms with E-state index in [4.69, 9.17) is 4.74 Å². The number of rotatable bonds is 5. The summed E-state index contributed by atoms with van der Waals surface area (Å²) in [7, 11) is 0. The molecule has 9 nitrogen and oxygen atoms in total. The largest absolute Gasteiger partial charge is 0.433 e. The lowest BCUT2D eigenvalue weighted by molar-refractivity contribution is -0.141. The highest BCUT2D eigenvalue weighted by molar-refractivity contribution is 5.44. The molecule has 0 radical (unpaired) electrons. The molecule has 1 aliphatic heterocycles. The molecule has 1 saturated heterocycles. The van der Waals surface area contributed by atoms with Crippen molar-refractivity contribution < 1.29 is 17.9 Å². The number of nitrogens with zero attached hydrogens (tertiary/aromatic N) is 7. The molecule has 3 aromatic heterocycles. The van der Waals surface area contributed by atoms with Gasteiger partial charge >= 0.3 is 11.9 Å². The van der Waals surface area contributed by atoms with E-state index >= 15 is 0 Å². The van der Waals surface area contributed by atoms with Gasteiger partial charge in [-0.15, -0.1) is 0 Å². The molecule has 0 unspecified atom stereocenters. The van der Waals surface area contributed by atoms with Crippen LogP contribution in [0.4, 0.5) is 19.0 Å². The Labute approximate surface area is 188 Å².